The van der Waals surface area contributed by atoms with Crippen LogP contribution in [0.1, 0.15) is 51.4 Å². The summed E-state index contributed by atoms with van der Waals surface area (Å²) in [5, 5.41) is 12.8. The molecule has 0 bridgehead atoms. The largest absolute Gasteiger partial charge is 0.298 e. The number of piperidine rings is 1. The Morgan fingerprint density at radius 3 is 2.67 bits per heavy atom. The van der Waals surface area contributed by atoms with E-state index in [1.165, 1.54) is 57.9 Å². The van der Waals surface area contributed by atoms with Crippen LogP contribution in [0.2, 0.25) is 0 Å². The lowest BCUT2D eigenvalue weighted by Crippen LogP contribution is -2.51. The van der Waals surface area contributed by atoms with Gasteiger partial charge in [0.05, 0.1) is 6.07 Å². The van der Waals surface area contributed by atoms with E-state index in [2.05, 4.69) is 16.3 Å². The normalized spacial score (nSPS) is 34.6. The van der Waals surface area contributed by atoms with Gasteiger partial charge < -0.3 is 0 Å². The average Bonchev–Trinajstić information content (AvgIpc) is 3.22. The highest BCUT2D eigenvalue weighted by molar-refractivity contribution is 4.99. The maximum atomic E-state index is 9.29. The SMILES string of the molecule is N#CC(CN1CCCC2CCCCC21)NC1CC1. The maximum Gasteiger partial charge on any atom is 0.108 e. The van der Waals surface area contributed by atoms with Crippen LogP contribution < -0.4 is 5.32 Å². The van der Waals surface area contributed by atoms with E-state index in [1.54, 1.807) is 0 Å². The second-order valence-corrected chi connectivity index (χ2v) is 6.37. The molecule has 1 N–H and O–H groups in total. The number of rotatable bonds is 4. The van der Waals surface area contributed by atoms with E-state index in [0.717, 1.165) is 18.5 Å². The van der Waals surface area contributed by atoms with Crippen LogP contribution >= 0.6 is 0 Å². The number of likely N-dealkylation sites (tertiary alicyclic amines) is 1. The Labute approximate surface area is 111 Å². The highest BCUT2D eigenvalue weighted by atomic mass is 15.2. The molecule has 0 aromatic carbocycles. The molecule has 3 fully saturated rings. The van der Waals surface area contributed by atoms with Crippen molar-refractivity contribution in [2.24, 2.45) is 5.92 Å². The summed E-state index contributed by atoms with van der Waals surface area (Å²) in [6.07, 6.45) is 10.9. The van der Waals surface area contributed by atoms with Gasteiger partial charge in [0.1, 0.15) is 6.04 Å². The molecule has 3 rings (SSSR count). The third kappa shape index (κ3) is 2.87. The minimum Gasteiger partial charge on any atom is -0.298 e. The van der Waals surface area contributed by atoms with E-state index in [1.807, 2.05) is 0 Å². The van der Waals surface area contributed by atoms with Crippen molar-refractivity contribution in [1.82, 2.24) is 10.2 Å². The lowest BCUT2D eigenvalue weighted by atomic mass is 9.78. The summed E-state index contributed by atoms with van der Waals surface area (Å²) >= 11 is 0. The van der Waals surface area contributed by atoms with Gasteiger partial charge in [0.15, 0.2) is 0 Å². The highest BCUT2D eigenvalue weighted by Gasteiger charge is 2.34. The Hall–Kier alpha value is -0.590. The first-order valence-corrected chi connectivity index (χ1v) is 7.76. The first kappa shape index (κ1) is 12.4. The van der Waals surface area contributed by atoms with Gasteiger partial charge in [-0.1, -0.05) is 12.8 Å². The standard InChI is InChI=1S/C15H25N3/c16-10-14(17-13-7-8-13)11-18-9-3-5-12-4-1-2-6-15(12)18/h12-15,17H,1-9,11H2. The fraction of sp³-hybridized carbons (Fsp3) is 0.933. The minimum absolute atomic E-state index is 0.0539. The van der Waals surface area contributed by atoms with Crippen molar-refractivity contribution in [3.05, 3.63) is 0 Å². The molecule has 0 aromatic rings. The van der Waals surface area contributed by atoms with Crippen molar-refractivity contribution in [2.45, 2.75) is 69.5 Å². The van der Waals surface area contributed by atoms with Crippen LogP contribution in [0.3, 0.4) is 0 Å². The number of nitriles is 1. The Balaban J connectivity index is 1.57. The zero-order valence-electron chi connectivity index (χ0n) is 11.3. The zero-order chi connectivity index (χ0) is 12.4. The van der Waals surface area contributed by atoms with Gasteiger partial charge in [-0.3, -0.25) is 10.2 Å². The summed E-state index contributed by atoms with van der Waals surface area (Å²) < 4.78 is 0. The molecule has 0 spiro atoms. The van der Waals surface area contributed by atoms with Gasteiger partial charge in [-0.15, -0.1) is 0 Å². The molecule has 2 aliphatic carbocycles. The van der Waals surface area contributed by atoms with Crippen LogP contribution in [0.4, 0.5) is 0 Å². The molecule has 1 heterocycles. The molecular formula is C15H25N3. The molecule has 0 amide bonds. The van der Waals surface area contributed by atoms with Crippen LogP contribution in [-0.2, 0) is 0 Å². The van der Waals surface area contributed by atoms with Gasteiger partial charge in [0.25, 0.3) is 0 Å². The zero-order valence-corrected chi connectivity index (χ0v) is 11.3. The molecule has 0 radical (unpaired) electrons. The lowest BCUT2D eigenvalue weighted by molar-refractivity contribution is 0.0571. The van der Waals surface area contributed by atoms with Crippen molar-refractivity contribution in [1.29, 1.82) is 5.26 Å². The first-order valence-electron chi connectivity index (χ1n) is 7.76. The number of fused-ring (bicyclic) bond motifs is 1. The van der Waals surface area contributed by atoms with E-state index in [0.29, 0.717) is 6.04 Å². The predicted octanol–water partition coefficient (Wildman–Crippen LogP) is 2.29. The molecule has 0 aromatic heterocycles. The molecule has 100 valence electrons. The summed E-state index contributed by atoms with van der Waals surface area (Å²) in [5.41, 5.74) is 0. The molecule has 3 unspecified atom stereocenters. The van der Waals surface area contributed by atoms with Crippen molar-refractivity contribution in [3.63, 3.8) is 0 Å². The van der Waals surface area contributed by atoms with Crippen molar-refractivity contribution >= 4 is 0 Å². The average molecular weight is 247 g/mol. The molecular weight excluding hydrogens is 222 g/mol. The number of hydrogen-bond acceptors (Lipinski definition) is 3. The smallest absolute Gasteiger partial charge is 0.108 e. The van der Waals surface area contributed by atoms with Gasteiger partial charge >= 0.3 is 0 Å². The Bertz CT molecular complexity index is 316. The van der Waals surface area contributed by atoms with E-state index < -0.39 is 0 Å². The van der Waals surface area contributed by atoms with E-state index in [-0.39, 0.29) is 6.04 Å². The molecule has 3 heteroatoms. The molecule has 18 heavy (non-hydrogen) atoms. The predicted molar refractivity (Wildman–Crippen MR) is 72.1 cm³/mol. The van der Waals surface area contributed by atoms with Crippen LogP contribution in [-0.4, -0.2) is 36.1 Å². The third-order valence-electron chi connectivity index (χ3n) is 4.95. The fourth-order valence-corrected chi connectivity index (χ4v) is 3.85. The van der Waals surface area contributed by atoms with Gasteiger partial charge in [0.2, 0.25) is 0 Å². The number of nitrogens with zero attached hydrogens (tertiary/aromatic N) is 2. The Morgan fingerprint density at radius 1 is 1.11 bits per heavy atom. The third-order valence-corrected chi connectivity index (χ3v) is 4.95. The summed E-state index contributed by atoms with van der Waals surface area (Å²) in [5.74, 6) is 0.924. The van der Waals surface area contributed by atoms with Crippen LogP contribution in [0.5, 0.6) is 0 Å². The van der Waals surface area contributed by atoms with Crippen LogP contribution in [0, 0.1) is 17.2 Å². The van der Waals surface area contributed by atoms with Gasteiger partial charge in [0, 0.05) is 18.6 Å². The molecule has 1 aliphatic heterocycles. The second kappa shape index (κ2) is 5.59. The first-order chi connectivity index (χ1) is 8.86. The van der Waals surface area contributed by atoms with E-state index in [4.69, 9.17) is 0 Å². The highest BCUT2D eigenvalue weighted by Crippen LogP contribution is 2.35. The molecule has 3 aliphatic rings. The summed E-state index contributed by atoms with van der Waals surface area (Å²) in [7, 11) is 0. The number of nitrogens with one attached hydrogen (secondary N) is 1. The maximum absolute atomic E-state index is 9.29. The Kier molecular flexibility index (Phi) is 3.86. The van der Waals surface area contributed by atoms with E-state index in [9.17, 15) is 5.26 Å². The number of hydrogen-bond donors (Lipinski definition) is 1. The second-order valence-electron chi connectivity index (χ2n) is 6.37. The fourth-order valence-electron chi connectivity index (χ4n) is 3.85. The molecule has 1 saturated heterocycles. The molecule has 2 saturated carbocycles. The van der Waals surface area contributed by atoms with Gasteiger partial charge in [-0.05, 0) is 51.0 Å². The van der Waals surface area contributed by atoms with Crippen LogP contribution in [0.25, 0.3) is 0 Å². The van der Waals surface area contributed by atoms with Crippen molar-refractivity contribution in [3.8, 4) is 6.07 Å². The topological polar surface area (TPSA) is 39.1 Å². The summed E-state index contributed by atoms with van der Waals surface area (Å²) in [6, 6.07) is 3.94. The molecule has 3 atom stereocenters. The molecule has 3 nitrogen and oxygen atoms in total. The lowest BCUT2D eigenvalue weighted by Gasteiger charge is -2.44. The summed E-state index contributed by atoms with van der Waals surface area (Å²) in [4.78, 5) is 2.62. The minimum atomic E-state index is 0.0539. The van der Waals surface area contributed by atoms with Gasteiger partial charge in [-0.25, -0.2) is 0 Å². The van der Waals surface area contributed by atoms with Crippen molar-refractivity contribution < 1.29 is 0 Å². The van der Waals surface area contributed by atoms with Crippen LogP contribution in [0.15, 0.2) is 0 Å². The summed E-state index contributed by atoms with van der Waals surface area (Å²) in [6.45, 7) is 2.17. The monoisotopic (exact) mass is 247 g/mol. The van der Waals surface area contributed by atoms with Gasteiger partial charge in [-0.2, -0.15) is 5.26 Å². The van der Waals surface area contributed by atoms with Crippen molar-refractivity contribution in [2.75, 3.05) is 13.1 Å². The quantitative estimate of drug-likeness (QED) is 0.828. The Morgan fingerprint density at radius 2 is 1.89 bits per heavy atom. The van der Waals surface area contributed by atoms with E-state index >= 15 is 0 Å².